The van der Waals surface area contributed by atoms with Crippen molar-refractivity contribution in [2.45, 2.75) is 12.5 Å². The molecule has 0 radical (unpaired) electrons. The normalized spacial score (nSPS) is 18.9. The van der Waals surface area contributed by atoms with E-state index in [9.17, 15) is 4.79 Å². The van der Waals surface area contributed by atoms with E-state index < -0.39 is 0 Å². The minimum Gasteiger partial charge on any atom is -0.320 e. The molecule has 1 saturated heterocycles. The summed E-state index contributed by atoms with van der Waals surface area (Å²) in [6.07, 6.45) is 0.731. The highest BCUT2D eigenvalue weighted by atomic mass is 16.2. The number of carbonyl (C=O) groups excluding carboxylic acids is 1. The van der Waals surface area contributed by atoms with E-state index in [-0.39, 0.29) is 11.9 Å². The first-order chi connectivity index (χ1) is 9.25. The molecular weight excluding hydrogens is 236 g/mol. The standard InChI is InChI=1S/C16H16N2O/c17-15-9-10-18(16(15)19)14-8-4-7-13(11-14)12-5-2-1-3-6-12/h1-8,11,15H,9-10,17H2. The summed E-state index contributed by atoms with van der Waals surface area (Å²) in [6, 6.07) is 17.9. The van der Waals surface area contributed by atoms with Crippen molar-refractivity contribution >= 4 is 11.6 Å². The Kier molecular flexibility index (Phi) is 3.05. The predicted molar refractivity (Wildman–Crippen MR) is 76.8 cm³/mol. The van der Waals surface area contributed by atoms with Crippen molar-refractivity contribution in [1.29, 1.82) is 0 Å². The lowest BCUT2D eigenvalue weighted by Crippen LogP contribution is -2.33. The van der Waals surface area contributed by atoms with E-state index in [1.165, 1.54) is 0 Å². The Morgan fingerprint density at radius 2 is 1.74 bits per heavy atom. The van der Waals surface area contributed by atoms with Gasteiger partial charge in [0, 0.05) is 12.2 Å². The lowest BCUT2D eigenvalue weighted by molar-refractivity contribution is -0.118. The second-order valence-corrected chi connectivity index (χ2v) is 4.80. The zero-order valence-corrected chi connectivity index (χ0v) is 10.6. The van der Waals surface area contributed by atoms with Crippen molar-refractivity contribution in [2.24, 2.45) is 5.73 Å². The van der Waals surface area contributed by atoms with Gasteiger partial charge < -0.3 is 10.6 Å². The molecule has 0 saturated carbocycles. The molecule has 1 heterocycles. The van der Waals surface area contributed by atoms with Crippen molar-refractivity contribution in [3.05, 3.63) is 54.6 Å². The smallest absolute Gasteiger partial charge is 0.243 e. The maximum Gasteiger partial charge on any atom is 0.243 e. The van der Waals surface area contributed by atoms with Gasteiger partial charge in [-0.3, -0.25) is 4.79 Å². The zero-order valence-electron chi connectivity index (χ0n) is 10.6. The van der Waals surface area contributed by atoms with Gasteiger partial charge in [-0.25, -0.2) is 0 Å². The molecule has 1 aliphatic rings. The average molecular weight is 252 g/mol. The summed E-state index contributed by atoms with van der Waals surface area (Å²) in [4.78, 5) is 13.7. The summed E-state index contributed by atoms with van der Waals surface area (Å²) in [5.74, 6) is 0.0187. The van der Waals surface area contributed by atoms with E-state index >= 15 is 0 Å². The molecule has 1 unspecified atom stereocenters. The number of amides is 1. The van der Waals surface area contributed by atoms with Crippen LogP contribution in [0.2, 0.25) is 0 Å². The molecule has 1 fully saturated rings. The fraction of sp³-hybridized carbons (Fsp3) is 0.188. The maximum absolute atomic E-state index is 12.0. The van der Waals surface area contributed by atoms with E-state index in [2.05, 4.69) is 18.2 Å². The quantitative estimate of drug-likeness (QED) is 0.892. The van der Waals surface area contributed by atoms with E-state index in [0.29, 0.717) is 6.54 Å². The van der Waals surface area contributed by atoms with Gasteiger partial charge in [-0.05, 0) is 29.7 Å². The highest BCUT2D eigenvalue weighted by molar-refractivity contribution is 5.99. The van der Waals surface area contributed by atoms with Crippen LogP contribution in [-0.2, 0) is 4.79 Å². The summed E-state index contributed by atoms with van der Waals surface area (Å²) < 4.78 is 0. The van der Waals surface area contributed by atoms with Gasteiger partial charge in [0.1, 0.15) is 0 Å². The molecule has 0 bridgehead atoms. The van der Waals surface area contributed by atoms with Crippen LogP contribution in [0.15, 0.2) is 54.6 Å². The Balaban J connectivity index is 1.95. The van der Waals surface area contributed by atoms with E-state index in [1.54, 1.807) is 4.90 Å². The lowest BCUT2D eigenvalue weighted by atomic mass is 10.1. The van der Waals surface area contributed by atoms with Crippen molar-refractivity contribution in [2.75, 3.05) is 11.4 Å². The summed E-state index contributed by atoms with van der Waals surface area (Å²) in [5, 5.41) is 0. The van der Waals surface area contributed by atoms with Crippen LogP contribution in [0.5, 0.6) is 0 Å². The Bertz CT molecular complexity index is 595. The number of nitrogens with two attached hydrogens (primary N) is 1. The van der Waals surface area contributed by atoms with Crippen LogP contribution in [0, 0.1) is 0 Å². The fourth-order valence-corrected chi connectivity index (χ4v) is 2.44. The fourth-order valence-electron chi connectivity index (χ4n) is 2.44. The number of anilines is 1. The molecule has 3 heteroatoms. The Morgan fingerprint density at radius 3 is 2.42 bits per heavy atom. The van der Waals surface area contributed by atoms with Gasteiger partial charge >= 0.3 is 0 Å². The number of hydrogen-bond donors (Lipinski definition) is 1. The molecule has 2 N–H and O–H groups in total. The number of rotatable bonds is 2. The first kappa shape index (κ1) is 11.9. The second-order valence-electron chi connectivity index (χ2n) is 4.80. The molecule has 96 valence electrons. The zero-order chi connectivity index (χ0) is 13.2. The van der Waals surface area contributed by atoms with Gasteiger partial charge in [0.15, 0.2) is 0 Å². The third-order valence-electron chi connectivity index (χ3n) is 3.51. The van der Waals surface area contributed by atoms with Gasteiger partial charge in [-0.2, -0.15) is 0 Å². The van der Waals surface area contributed by atoms with E-state index in [0.717, 1.165) is 23.2 Å². The summed E-state index contributed by atoms with van der Waals surface area (Å²) in [6.45, 7) is 0.707. The van der Waals surface area contributed by atoms with E-state index in [1.807, 2.05) is 36.4 Å². The average Bonchev–Trinajstić information content (AvgIpc) is 2.80. The minimum atomic E-state index is -0.347. The number of nitrogens with zero attached hydrogens (tertiary/aromatic N) is 1. The monoisotopic (exact) mass is 252 g/mol. The Labute approximate surface area is 112 Å². The molecule has 1 atom stereocenters. The third-order valence-corrected chi connectivity index (χ3v) is 3.51. The Morgan fingerprint density at radius 1 is 1.00 bits per heavy atom. The predicted octanol–water partition coefficient (Wildman–Crippen LogP) is 2.42. The van der Waals surface area contributed by atoms with Gasteiger partial charge in [-0.1, -0.05) is 42.5 Å². The van der Waals surface area contributed by atoms with Crippen LogP contribution in [0.25, 0.3) is 11.1 Å². The van der Waals surface area contributed by atoms with Crippen LogP contribution in [0.1, 0.15) is 6.42 Å². The molecule has 1 amide bonds. The highest BCUT2D eigenvalue weighted by Gasteiger charge is 2.29. The number of hydrogen-bond acceptors (Lipinski definition) is 2. The molecule has 2 aromatic carbocycles. The Hall–Kier alpha value is -2.13. The first-order valence-corrected chi connectivity index (χ1v) is 6.48. The molecule has 0 spiro atoms. The SMILES string of the molecule is NC1CCN(c2cccc(-c3ccccc3)c2)C1=O. The van der Waals surface area contributed by atoms with Gasteiger partial charge in [0.25, 0.3) is 0 Å². The molecule has 3 nitrogen and oxygen atoms in total. The maximum atomic E-state index is 12.0. The summed E-state index contributed by atoms with van der Waals surface area (Å²) >= 11 is 0. The van der Waals surface area contributed by atoms with Crippen molar-refractivity contribution in [3.8, 4) is 11.1 Å². The summed E-state index contributed by atoms with van der Waals surface area (Å²) in [7, 11) is 0. The van der Waals surface area contributed by atoms with Gasteiger partial charge in [-0.15, -0.1) is 0 Å². The molecule has 3 rings (SSSR count). The molecule has 2 aromatic rings. The largest absolute Gasteiger partial charge is 0.320 e. The lowest BCUT2D eigenvalue weighted by Gasteiger charge is -2.17. The van der Waals surface area contributed by atoms with Crippen LogP contribution in [-0.4, -0.2) is 18.5 Å². The first-order valence-electron chi connectivity index (χ1n) is 6.48. The van der Waals surface area contributed by atoms with Crippen LogP contribution < -0.4 is 10.6 Å². The number of benzene rings is 2. The number of carbonyl (C=O) groups is 1. The molecule has 19 heavy (non-hydrogen) atoms. The van der Waals surface area contributed by atoms with Crippen molar-refractivity contribution < 1.29 is 4.79 Å². The van der Waals surface area contributed by atoms with Gasteiger partial charge in [0.2, 0.25) is 5.91 Å². The van der Waals surface area contributed by atoms with E-state index in [4.69, 9.17) is 5.73 Å². The van der Waals surface area contributed by atoms with Crippen LogP contribution in [0.4, 0.5) is 5.69 Å². The van der Waals surface area contributed by atoms with Crippen molar-refractivity contribution in [1.82, 2.24) is 0 Å². The summed E-state index contributed by atoms with van der Waals surface area (Å²) in [5.41, 5.74) is 8.96. The molecule has 0 aliphatic carbocycles. The van der Waals surface area contributed by atoms with Crippen LogP contribution in [0.3, 0.4) is 0 Å². The minimum absolute atomic E-state index is 0.0187. The van der Waals surface area contributed by atoms with Crippen molar-refractivity contribution in [3.63, 3.8) is 0 Å². The molecule has 1 aliphatic heterocycles. The van der Waals surface area contributed by atoms with Gasteiger partial charge in [0.05, 0.1) is 6.04 Å². The second kappa shape index (κ2) is 4.86. The highest BCUT2D eigenvalue weighted by Crippen LogP contribution is 2.27. The van der Waals surface area contributed by atoms with Crippen LogP contribution >= 0.6 is 0 Å². The third kappa shape index (κ3) is 2.25. The molecular formula is C16H16N2O. The molecule has 0 aromatic heterocycles. The topological polar surface area (TPSA) is 46.3 Å².